The minimum Gasteiger partial charge on any atom is -0.489 e. The third kappa shape index (κ3) is 7.47. The van der Waals surface area contributed by atoms with Crippen molar-refractivity contribution in [2.45, 2.75) is 26.4 Å². The Balaban J connectivity index is 1.50. The van der Waals surface area contributed by atoms with Crippen molar-refractivity contribution < 1.29 is 24.2 Å². The molecule has 0 radical (unpaired) electrons. The highest BCUT2D eigenvalue weighted by atomic mass is 16.6. The Hall–Kier alpha value is -3.80. The summed E-state index contributed by atoms with van der Waals surface area (Å²) in [5.41, 5.74) is 3.68. The minimum absolute atomic E-state index is 0.124. The van der Waals surface area contributed by atoms with E-state index in [1.165, 1.54) is 0 Å². The third-order valence-electron chi connectivity index (χ3n) is 4.67. The highest BCUT2D eigenvalue weighted by Crippen LogP contribution is 2.17. The first-order valence-corrected chi connectivity index (χ1v) is 10.5. The summed E-state index contributed by atoms with van der Waals surface area (Å²) in [5.74, 6) is 0.677. The molecule has 0 saturated carbocycles. The van der Waals surface area contributed by atoms with Crippen molar-refractivity contribution in [2.24, 2.45) is 5.16 Å². The van der Waals surface area contributed by atoms with Crippen LogP contribution in [0.15, 0.2) is 84.0 Å². The van der Waals surface area contributed by atoms with Crippen LogP contribution in [0.3, 0.4) is 0 Å². The summed E-state index contributed by atoms with van der Waals surface area (Å²) in [6.45, 7) is 3.11. The van der Waals surface area contributed by atoms with E-state index >= 15 is 0 Å². The van der Waals surface area contributed by atoms with E-state index in [1.54, 1.807) is 0 Å². The molecule has 0 fully saturated rings. The lowest BCUT2D eigenvalue weighted by Gasteiger charge is -2.11. The number of carboxylic acid groups (broad SMARTS) is 1. The lowest BCUT2D eigenvalue weighted by atomic mass is 10.1. The number of carboxylic acids is 1. The van der Waals surface area contributed by atoms with Gasteiger partial charge in [-0.3, -0.25) is 4.79 Å². The predicted molar refractivity (Wildman–Crippen MR) is 123 cm³/mol. The molecule has 6 heteroatoms. The van der Waals surface area contributed by atoms with Crippen molar-refractivity contribution in [2.75, 3.05) is 13.2 Å². The molecule has 3 aromatic carbocycles. The number of oxime groups is 1. The van der Waals surface area contributed by atoms with Crippen LogP contribution in [0.5, 0.6) is 11.5 Å². The van der Waals surface area contributed by atoms with Crippen LogP contribution in [0.2, 0.25) is 0 Å². The van der Waals surface area contributed by atoms with Gasteiger partial charge in [-0.1, -0.05) is 59.8 Å². The number of carbonyl (C=O) groups is 1. The van der Waals surface area contributed by atoms with Crippen molar-refractivity contribution in [1.82, 2.24) is 0 Å². The van der Waals surface area contributed by atoms with Crippen LogP contribution in [-0.4, -0.2) is 30.0 Å². The molecule has 0 aliphatic heterocycles. The maximum atomic E-state index is 10.7. The number of hydrogen-bond acceptors (Lipinski definition) is 5. The fourth-order valence-corrected chi connectivity index (χ4v) is 2.94. The molecule has 0 aromatic heterocycles. The molecule has 0 heterocycles. The second-order valence-corrected chi connectivity index (χ2v) is 7.08. The van der Waals surface area contributed by atoms with Crippen LogP contribution in [0.25, 0.3) is 0 Å². The quantitative estimate of drug-likeness (QED) is 0.318. The molecule has 0 atom stereocenters. The highest BCUT2D eigenvalue weighted by Gasteiger charge is 2.06. The maximum absolute atomic E-state index is 10.7. The van der Waals surface area contributed by atoms with Crippen LogP contribution in [-0.2, 0) is 22.7 Å². The molecule has 0 spiro atoms. The van der Waals surface area contributed by atoms with Crippen molar-refractivity contribution in [1.29, 1.82) is 0 Å². The standard InChI is InChI=1S/C26H27NO5/c1-2-32-27-25(22-6-4-3-5-7-22)19-31-24-15-10-21(11-16-24)18-30-23-13-8-20(9-14-23)12-17-26(28)29/h3-11,13-16H,2,12,17-19H2,1H3,(H,28,29)/b27-25+. The van der Waals surface area contributed by atoms with Crippen LogP contribution in [0.4, 0.5) is 0 Å². The van der Waals surface area contributed by atoms with Gasteiger partial charge in [-0.15, -0.1) is 0 Å². The number of benzene rings is 3. The molecule has 0 unspecified atom stereocenters. The lowest BCUT2D eigenvalue weighted by Crippen LogP contribution is -2.13. The average molecular weight is 434 g/mol. The number of hydrogen-bond donors (Lipinski definition) is 1. The van der Waals surface area contributed by atoms with Gasteiger partial charge in [0.05, 0.1) is 0 Å². The number of aryl methyl sites for hydroxylation is 1. The second-order valence-electron chi connectivity index (χ2n) is 7.08. The van der Waals surface area contributed by atoms with E-state index in [9.17, 15) is 4.79 Å². The molecule has 0 amide bonds. The number of rotatable bonds is 12. The van der Waals surface area contributed by atoms with Crippen molar-refractivity contribution in [3.8, 4) is 11.5 Å². The summed E-state index contributed by atoms with van der Waals surface area (Å²) in [6, 6.07) is 25.0. The Kier molecular flexibility index (Phi) is 8.69. The number of nitrogens with zero attached hydrogens (tertiary/aromatic N) is 1. The zero-order valence-corrected chi connectivity index (χ0v) is 18.1. The minimum atomic E-state index is -0.796. The molecular weight excluding hydrogens is 406 g/mol. The van der Waals surface area contributed by atoms with E-state index in [2.05, 4.69) is 5.16 Å². The second kappa shape index (κ2) is 12.2. The van der Waals surface area contributed by atoms with Crippen molar-refractivity contribution in [3.63, 3.8) is 0 Å². The van der Waals surface area contributed by atoms with E-state index < -0.39 is 5.97 Å². The van der Waals surface area contributed by atoms with Crippen LogP contribution in [0.1, 0.15) is 30.0 Å². The van der Waals surface area contributed by atoms with Gasteiger partial charge in [-0.05, 0) is 48.7 Å². The Morgan fingerprint density at radius 3 is 2.09 bits per heavy atom. The van der Waals surface area contributed by atoms with Gasteiger partial charge in [0, 0.05) is 12.0 Å². The smallest absolute Gasteiger partial charge is 0.303 e. The molecule has 166 valence electrons. The van der Waals surface area contributed by atoms with Gasteiger partial charge >= 0.3 is 5.97 Å². The van der Waals surface area contributed by atoms with Crippen LogP contribution >= 0.6 is 0 Å². The molecule has 0 aliphatic rings. The largest absolute Gasteiger partial charge is 0.489 e. The summed E-state index contributed by atoms with van der Waals surface area (Å²) < 4.78 is 11.7. The Morgan fingerprint density at radius 2 is 1.47 bits per heavy atom. The first kappa shape index (κ1) is 22.9. The van der Waals surface area contributed by atoms with E-state index in [0.717, 1.165) is 33.9 Å². The summed E-state index contributed by atoms with van der Waals surface area (Å²) in [4.78, 5) is 15.9. The zero-order valence-electron chi connectivity index (χ0n) is 18.1. The third-order valence-corrected chi connectivity index (χ3v) is 4.67. The Bertz CT molecular complexity index is 999. The van der Waals surface area contributed by atoms with E-state index in [-0.39, 0.29) is 6.42 Å². The van der Waals surface area contributed by atoms with E-state index in [4.69, 9.17) is 19.4 Å². The van der Waals surface area contributed by atoms with Crippen molar-refractivity contribution >= 4 is 11.7 Å². The van der Waals surface area contributed by atoms with Gasteiger partial charge in [-0.2, -0.15) is 0 Å². The number of ether oxygens (including phenoxy) is 2. The zero-order chi connectivity index (χ0) is 22.6. The van der Waals surface area contributed by atoms with E-state index in [1.807, 2.05) is 85.8 Å². The van der Waals surface area contributed by atoms with Gasteiger partial charge < -0.3 is 19.4 Å². The fourth-order valence-electron chi connectivity index (χ4n) is 2.94. The molecule has 0 bridgehead atoms. The van der Waals surface area contributed by atoms with Gasteiger partial charge in [-0.25, -0.2) is 0 Å². The van der Waals surface area contributed by atoms with Crippen molar-refractivity contribution in [3.05, 3.63) is 95.6 Å². The molecule has 6 nitrogen and oxygen atoms in total. The molecule has 32 heavy (non-hydrogen) atoms. The first-order chi connectivity index (χ1) is 15.6. The lowest BCUT2D eigenvalue weighted by molar-refractivity contribution is -0.136. The van der Waals surface area contributed by atoms with Crippen LogP contribution < -0.4 is 9.47 Å². The molecule has 3 rings (SSSR count). The fraction of sp³-hybridized carbons (Fsp3) is 0.231. The SMILES string of the molecule is CCO/N=C(\COc1ccc(COc2ccc(CCC(=O)O)cc2)cc1)c1ccccc1. The van der Waals surface area contributed by atoms with E-state index in [0.29, 0.717) is 26.2 Å². The Labute approximate surface area is 188 Å². The van der Waals surface area contributed by atoms with Gasteiger partial charge in [0.25, 0.3) is 0 Å². The summed E-state index contributed by atoms with van der Waals surface area (Å²) in [7, 11) is 0. The molecular formula is C26H27NO5. The maximum Gasteiger partial charge on any atom is 0.303 e. The Morgan fingerprint density at radius 1 is 0.844 bits per heavy atom. The molecule has 1 N–H and O–H groups in total. The normalized spacial score (nSPS) is 11.1. The van der Waals surface area contributed by atoms with Gasteiger partial charge in [0.15, 0.2) is 0 Å². The predicted octanol–water partition coefficient (Wildman–Crippen LogP) is 5.10. The molecule has 0 aliphatic carbocycles. The summed E-state index contributed by atoms with van der Waals surface area (Å²) >= 11 is 0. The highest BCUT2D eigenvalue weighted by molar-refractivity contribution is 6.01. The topological polar surface area (TPSA) is 77.3 Å². The van der Waals surface area contributed by atoms with Gasteiger partial charge in [0.1, 0.15) is 37.0 Å². The first-order valence-electron chi connectivity index (χ1n) is 10.5. The molecule has 3 aromatic rings. The van der Waals surface area contributed by atoms with Gasteiger partial charge in [0.2, 0.25) is 0 Å². The summed E-state index contributed by atoms with van der Waals surface area (Å²) in [5, 5.41) is 12.9. The molecule has 0 saturated heterocycles. The summed E-state index contributed by atoms with van der Waals surface area (Å²) in [6.07, 6.45) is 0.636. The van der Waals surface area contributed by atoms with Crippen LogP contribution in [0, 0.1) is 0 Å². The number of aliphatic carboxylic acids is 1. The monoisotopic (exact) mass is 433 g/mol. The average Bonchev–Trinajstić information content (AvgIpc) is 2.83.